The molecular weight excluding hydrogens is 150 g/mol. The van der Waals surface area contributed by atoms with Crippen molar-refractivity contribution in [3.05, 3.63) is 0 Å². The topological polar surface area (TPSA) is 35.2 Å². The number of ether oxygens (including phenoxy) is 1. The van der Waals surface area contributed by atoms with Crippen LogP contribution in [0.2, 0.25) is 0 Å². The van der Waals surface area contributed by atoms with Crippen LogP contribution in [0.3, 0.4) is 0 Å². The van der Waals surface area contributed by atoms with Gasteiger partial charge in [-0.2, -0.15) is 0 Å². The molecule has 0 aliphatic heterocycles. The molecule has 0 aromatic carbocycles. The van der Waals surface area contributed by atoms with Crippen LogP contribution in [-0.4, -0.2) is 17.7 Å². The zero-order valence-electron chi connectivity index (χ0n) is 8.47. The molecule has 1 saturated carbocycles. The van der Waals surface area contributed by atoms with Gasteiger partial charge in [-0.15, -0.1) is 0 Å². The van der Waals surface area contributed by atoms with Gasteiger partial charge in [0, 0.05) is 5.54 Å². The molecule has 0 saturated heterocycles. The van der Waals surface area contributed by atoms with Crippen LogP contribution in [0.1, 0.15) is 46.5 Å². The fourth-order valence-electron chi connectivity index (χ4n) is 1.77. The van der Waals surface area contributed by atoms with E-state index in [2.05, 4.69) is 20.8 Å². The van der Waals surface area contributed by atoms with Crippen molar-refractivity contribution in [2.75, 3.05) is 0 Å². The van der Waals surface area contributed by atoms with E-state index in [-0.39, 0.29) is 5.54 Å². The largest absolute Gasteiger partial charge is 0.376 e. The maximum absolute atomic E-state index is 6.02. The van der Waals surface area contributed by atoms with Gasteiger partial charge in [-0.3, -0.25) is 0 Å². The molecule has 0 spiro atoms. The molecule has 0 unspecified atom stereocenters. The zero-order valence-corrected chi connectivity index (χ0v) is 8.47. The number of nitrogens with two attached hydrogens (primary N) is 1. The van der Waals surface area contributed by atoms with Crippen LogP contribution < -0.4 is 5.73 Å². The normalized spacial score (nSPS) is 37.2. The summed E-state index contributed by atoms with van der Waals surface area (Å²) >= 11 is 0. The first-order valence-corrected chi connectivity index (χ1v) is 4.94. The van der Waals surface area contributed by atoms with Gasteiger partial charge in [-0.25, -0.2) is 0 Å². The second kappa shape index (κ2) is 3.75. The van der Waals surface area contributed by atoms with Gasteiger partial charge in [0.05, 0.1) is 12.2 Å². The van der Waals surface area contributed by atoms with Crippen molar-refractivity contribution >= 4 is 0 Å². The molecule has 2 N–H and O–H groups in total. The summed E-state index contributed by atoms with van der Waals surface area (Å²) in [6.45, 7) is 6.32. The van der Waals surface area contributed by atoms with E-state index in [9.17, 15) is 0 Å². The van der Waals surface area contributed by atoms with Crippen molar-refractivity contribution in [2.24, 2.45) is 5.73 Å². The Balaban J connectivity index is 2.27. The lowest BCUT2D eigenvalue weighted by Gasteiger charge is -2.34. The Morgan fingerprint density at radius 1 is 1.33 bits per heavy atom. The van der Waals surface area contributed by atoms with Gasteiger partial charge in [0.15, 0.2) is 0 Å². The maximum atomic E-state index is 6.02. The van der Waals surface area contributed by atoms with Crippen LogP contribution in [0.25, 0.3) is 0 Å². The van der Waals surface area contributed by atoms with Gasteiger partial charge in [-0.05, 0) is 46.5 Å². The molecule has 72 valence electrons. The second-order valence-corrected chi connectivity index (χ2v) is 4.54. The molecular formula is C10H21NO. The van der Waals surface area contributed by atoms with Gasteiger partial charge in [0.1, 0.15) is 0 Å². The van der Waals surface area contributed by atoms with E-state index in [0.717, 1.165) is 25.7 Å². The molecule has 0 bridgehead atoms. The van der Waals surface area contributed by atoms with E-state index in [1.165, 1.54) is 0 Å². The van der Waals surface area contributed by atoms with E-state index in [0.29, 0.717) is 12.2 Å². The lowest BCUT2D eigenvalue weighted by molar-refractivity contribution is -0.0214. The van der Waals surface area contributed by atoms with E-state index in [4.69, 9.17) is 10.5 Å². The minimum Gasteiger partial charge on any atom is -0.376 e. The Kier molecular flexibility index (Phi) is 3.13. The lowest BCUT2D eigenvalue weighted by atomic mass is 9.83. The first-order chi connectivity index (χ1) is 5.49. The standard InChI is InChI=1S/C10H21NO/c1-8(2)12-9-4-6-10(3,11)7-5-9/h8-9H,4-7,11H2,1-3H3/t9-,10-. The molecule has 0 aromatic heterocycles. The smallest absolute Gasteiger partial charge is 0.0580 e. The highest BCUT2D eigenvalue weighted by Crippen LogP contribution is 2.27. The van der Waals surface area contributed by atoms with Crippen molar-refractivity contribution in [3.63, 3.8) is 0 Å². The summed E-state index contributed by atoms with van der Waals surface area (Å²) in [5.74, 6) is 0. The predicted octanol–water partition coefficient (Wildman–Crippen LogP) is 2.07. The first-order valence-electron chi connectivity index (χ1n) is 4.94. The Morgan fingerprint density at radius 3 is 2.25 bits per heavy atom. The highest BCUT2D eigenvalue weighted by atomic mass is 16.5. The molecule has 1 rings (SSSR count). The van der Waals surface area contributed by atoms with Crippen LogP contribution in [0.5, 0.6) is 0 Å². The van der Waals surface area contributed by atoms with Crippen molar-refractivity contribution in [1.82, 2.24) is 0 Å². The van der Waals surface area contributed by atoms with Gasteiger partial charge < -0.3 is 10.5 Å². The highest BCUT2D eigenvalue weighted by Gasteiger charge is 2.27. The van der Waals surface area contributed by atoms with Gasteiger partial charge in [0.2, 0.25) is 0 Å². The lowest BCUT2D eigenvalue weighted by Crippen LogP contribution is -2.42. The molecule has 0 aromatic rings. The summed E-state index contributed by atoms with van der Waals surface area (Å²) in [6.07, 6.45) is 5.28. The SMILES string of the molecule is CC(C)O[C@H]1CC[C@](C)(N)CC1. The third-order valence-corrected chi connectivity index (χ3v) is 2.54. The van der Waals surface area contributed by atoms with Crippen molar-refractivity contribution in [2.45, 2.75) is 64.2 Å². The minimum absolute atomic E-state index is 0.0663. The van der Waals surface area contributed by atoms with Crippen LogP contribution >= 0.6 is 0 Å². The van der Waals surface area contributed by atoms with E-state index in [1.54, 1.807) is 0 Å². The van der Waals surface area contributed by atoms with Gasteiger partial charge in [-0.1, -0.05) is 0 Å². The summed E-state index contributed by atoms with van der Waals surface area (Å²) in [5, 5.41) is 0. The zero-order chi connectivity index (χ0) is 9.19. The predicted molar refractivity (Wildman–Crippen MR) is 51.1 cm³/mol. The minimum atomic E-state index is 0.0663. The number of hydrogen-bond donors (Lipinski definition) is 1. The molecule has 1 aliphatic carbocycles. The van der Waals surface area contributed by atoms with Crippen LogP contribution in [0, 0.1) is 0 Å². The summed E-state index contributed by atoms with van der Waals surface area (Å²) in [5.41, 5.74) is 6.08. The van der Waals surface area contributed by atoms with Crippen LogP contribution in [-0.2, 0) is 4.74 Å². The third kappa shape index (κ3) is 3.11. The highest BCUT2D eigenvalue weighted by molar-refractivity contribution is 4.86. The Bertz CT molecular complexity index is 133. The molecule has 1 fully saturated rings. The Hall–Kier alpha value is -0.0800. The molecule has 2 nitrogen and oxygen atoms in total. The summed E-state index contributed by atoms with van der Waals surface area (Å²) in [4.78, 5) is 0. The fraction of sp³-hybridized carbons (Fsp3) is 1.00. The van der Waals surface area contributed by atoms with Crippen molar-refractivity contribution in [1.29, 1.82) is 0 Å². The average molecular weight is 171 g/mol. The summed E-state index contributed by atoms with van der Waals surface area (Å²) in [7, 11) is 0. The molecule has 0 atom stereocenters. The third-order valence-electron chi connectivity index (χ3n) is 2.54. The second-order valence-electron chi connectivity index (χ2n) is 4.54. The number of hydrogen-bond acceptors (Lipinski definition) is 2. The van der Waals surface area contributed by atoms with Gasteiger partial charge >= 0.3 is 0 Å². The van der Waals surface area contributed by atoms with Crippen molar-refractivity contribution in [3.8, 4) is 0 Å². The maximum Gasteiger partial charge on any atom is 0.0580 e. The van der Waals surface area contributed by atoms with E-state index < -0.39 is 0 Å². The molecule has 0 radical (unpaired) electrons. The van der Waals surface area contributed by atoms with Crippen LogP contribution in [0.4, 0.5) is 0 Å². The molecule has 2 heteroatoms. The van der Waals surface area contributed by atoms with Crippen molar-refractivity contribution < 1.29 is 4.74 Å². The first kappa shape index (κ1) is 10.0. The monoisotopic (exact) mass is 171 g/mol. The number of rotatable bonds is 2. The molecule has 1 aliphatic rings. The fourth-order valence-corrected chi connectivity index (χ4v) is 1.77. The van der Waals surface area contributed by atoms with Gasteiger partial charge in [0.25, 0.3) is 0 Å². The molecule has 0 amide bonds. The molecule has 12 heavy (non-hydrogen) atoms. The Labute approximate surface area is 75.5 Å². The summed E-state index contributed by atoms with van der Waals surface area (Å²) < 4.78 is 5.73. The summed E-state index contributed by atoms with van der Waals surface area (Å²) in [6, 6.07) is 0. The quantitative estimate of drug-likeness (QED) is 0.690. The van der Waals surface area contributed by atoms with E-state index >= 15 is 0 Å². The average Bonchev–Trinajstić information content (AvgIpc) is 1.93. The van der Waals surface area contributed by atoms with Crippen LogP contribution in [0.15, 0.2) is 0 Å². The Morgan fingerprint density at radius 2 is 1.83 bits per heavy atom. The van der Waals surface area contributed by atoms with E-state index in [1.807, 2.05) is 0 Å². The molecule has 0 heterocycles.